The Morgan fingerprint density at radius 2 is 2.29 bits per heavy atom. The number of imidazole rings is 1. The Bertz CT molecular complexity index is 671. The number of aryl methyl sites for hydroxylation is 1. The standard InChI is InChI=1S/C13H14FN3O4/c1-8-15-6-13(17(19)20)16(8)7-11(18)9-3-4-12(21-2)10(14)5-9/h3-6,11,18H,7H2,1-2H3. The molecule has 112 valence electrons. The first kappa shape index (κ1) is 14.9. The van der Waals surface area contributed by atoms with Gasteiger partial charge in [0.15, 0.2) is 17.4 Å². The average molecular weight is 295 g/mol. The van der Waals surface area contributed by atoms with Gasteiger partial charge in [-0.1, -0.05) is 6.07 Å². The number of hydrogen-bond acceptors (Lipinski definition) is 5. The quantitative estimate of drug-likeness (QED) is 0.673. The van der Waals surface area contributed by atoms with E-state index >= 15 is 0 Å². The van der Waals surface area contributed by atoms with Crippen LogP contribution >= 0.6 is 0 Å². The zero-order chi connectivity index (χ0) is 15.6. The maximum atomic E-state index is 13.6. The molecule has 0 spiro atoms. The molecule has 1 aromatic heterocycles. The number of nitrogens with zero attached hydrogens (tertiary/aromatic N) is 3. The summed E-state index contributed by atoms with van der Waals surface area (Å²) in [5.74, 6) is -0.364. The van der Waals surface area contributed by atoms with Crippen LogP contribution in [0.5, 0.6) is 5.75 Å². The largest absolute Gasteiger partial charge is 0.494 e. The highest BCUT2D eigenvalue weighted by Gasteiger charge is 2.22. The van der Waals surface area contributed by atoms with Gasteiger partial charge in [-0.3, -0.25) is 0 Å². The van der Waals surface area contributed by atoms with Gasteiger partial charge < -0.3 is 20.0 Å². The molecular formula is C13H14FN3O4. The third-order valence-electron chi connectivity index (χ3n) is 3.14. The first-order valence-corrected chi connectivity index (χ1v) is 6.12. The number of halogens is 1. The molecule has 1 unspecified atom stereocenters. The van der Waals surface area contributed by atoms with Crippen LogP contribution in [0.2, 0.25) is 0 Å². The van der Waals surface area contributed by atoms with Gasteiger partial charge >= 0.3 is 5.82 Å². The second kappa shape index (κ2) is 5.88. The molecule has 0 fully saturated rings. The fourth-order valence-electron chi connectivity index (χ4n) is 2.00. The number of aromatic nitrogens is 2. The van der Waals surface area contributed by atoms with Crippen molar-refractivity contribution in [2.75, 3.05) is 7.11 Å². The minimum absolute atomic E-state index is 0.0655. The van der Waals surface area contributed by atoms with Gasteiger partial charge in [0.25, 0.3) is 0 Å². The van der Waals surface area contributed by atoms with Gasteiger partial charge in [-0.2, -0.15) is 0 Å². The van der Waals surface area contributed by atoms with E-state index in [-0.39, 0.29) is 18.1 Å². The first-order chi connectivity index (χ1) is 9.93. The van der Waals surface area contributed by atoms with Crippen molar-refractivity contribution in [3.63, 3.8) is 0 Å². The van der Waals surface area contributed by atoms with E-state index in [4.69, 9.17) is 4.74 Å². The highest BCUT2D eigenvalue weighted by atomic mass is 19.1. The summed E-state index contributed by atoms with van der Waals surface area (Å²) in [7, 11) is 1.34. The summed E-state index contributed by atoms with van der Waals surface area (Å²) in [6, 6.07) is 4.04. The van der Waals surface area contributed by atoms with E-state index in [2.05, 4.69) is 4.98 Å². The fraction of sp³-hybridized carbons (Fsp3) is 0.308. The number of hydrogen-bond donors (Lipinski definition) is 1. The van der Waals surface area contributed by atoms with Crippen molar-refractivity contribution < 1.29 is 19.2 Å². The van der Waals surface area contributed by atoms with Crippen LogP contribution in [0.4, 0.5) is 10.2 Å². The molecule has 0 aliphatic heterocycles. The molecule has 0 radical (unpaired) electrons. The van der Waals surface area contributed by atoms with Crippen LogP contribution in [0.25, 0.3) is 0 Å². The minimum Gasteiger partial charge on any atom is -0.494 e. The van der Waals surface area contributed by atoms with Crippen LogP contribution in [0.1, 0.15) is 17.5 Å². The lowest BCUT2D eigenvalue weighted by Gasteiger charge is -2.12. The van der Waals surface area contributed by atoms with Crippen LogP contribution in [0.15, 0.2) is 24.4 Å². The molecule has 1 atom stereocenters. The number of ether oxygens (including phenoxy) is 1. The van der Waals surface area contributed by atoms with E-state index < -0.39 is 16.8 Å². The molecule has 7 nitrogen and oxygen atoms in total. The van der Waals surface area contributed by atoms with Gasteiger partial charge in [0.05, 0.1) is 7.11 Å². The summed E-state index contributed by atoms with van der Waals surface area (Å²) in [5, 5.41) is 21.0. The van der Waals surface area contributed by atoms with Crippen LogP contribution in [0.3, 0.4) is 0 Å². The molecule has 0 bridgehead atoms. The third-order valence-corrected chi connectivity index (χ3v) is 3.14. The Kier molecular flexibility index (Phi) is 4.18. The molecule has 1 aromatic carbocycles. The number of aliphatic hydroxyl groups excluding tert-OH is 1. The van der Waals surface area contributed by atoms with E-state index in [1.165, 1.54) is 23.8 Å². The van der Waals surface area contributed by atoms with Crippen molar-refractivity contribution in [1.82, 2.24) is 9.55 Å². The SMILES string of the molecule is COc1ccc(C(O)Cn2c([N+](=O)[O-])cnc2C)cc1F. The number of benzene rings is 1. The van der Waals surface area contributed by atoms with E-state index in [9.17, 15) is 19.6 Å². The molecule has 1 N–H and O–H groups in total. The lowest BCUT2D eigenvalue weighted by Crippen LogP contribution is -2.12. The summed E-state index contributed by atoms with van der Waals surface area (Å²) in [6.07, 6.45) is 0.0217. The van der Waals surface area contributed by atoms with Crippen molar-refractivity contribution >= 4 is 5.82 Å². The molecule has 2 rings (SSSR count). The Balaban J connectivity index is 2.26. The molecule has 21 heavy (non-hydrogen) atoms. The maximum absolute atomic E-state index is 13.6. The smallest absolute Gasteiger partial charge is 0.342 e. The van der Waals surface area contributed by atoms with Crippen LogP contribution < -0.4 is 4.74 Å². The van der Waals surface area contributed by atoms with Gasteiger partial charge in [-0.15, -0.1) is 0 Å². The van der Waals surface area contributed by atoms with E-state index in [1.807, 2.05) is 0 Å². The normalized spacial score (nSPS) is 12.2. The Morgan fingerprint density at radius 1 is 1.57 bits per heavy atom. The van der Waals surface area contributed by atoms with Crippen molar-refractivity contribution in [1.29, 1.82) is 0 Å². The Hall–Kier alpha value is -2.48. The van der Waals surface area contributed by atoms with Crippen molar-refractivity contribution in [3.05, 3.63) is 51.7 Å². The summed E-state index contributed by atoms with van der Waals surface area (Å²) >= 11 is 0. The monoisotopic (exact) mass is 295 g/mol. The van der Waals surface area contributed by atoms with Crippen molar-refractivity contribution in [2.24, 2.45) is 0 Å². The number of methoxy groups -OCH3 is 1. The molecule has 0 aliphatic carbocycles. The topological polar surface area (TPSA) is 90.4 Å². The molecule has 0 saturated carbocycles. The molecular weight excluding hydrogens is 281 g/mol. The van der Waals surface area contributed by atoms with E-state index in [0.717, 1.165) is 12.3 Å². The van der Waals surface area contributed by atoms with Gasteiger partial charge in [-0.05, 0) is 22.6 Å². The molecule has 0 amide bonds. The average Bonchev–Trinajstić information content (AvgIpc) is 2.80. The number of nitro groups is 1. The van der Waals surface area contributed by atoms with E-state index in [1.54, 1.807) is 6.92 Å². The van der Waals surface area contributed by atoms with Crippen LogP contribution in [0, 0.1) is 22.9 Å². The predicted octanol–water partition coefficient (Wildman–Crippen LogP) is 1.98. The summed E-state index contributed by atoms with van der Waals surface area (Å²) in [4.78, 5) is 14.1. The van der Waals surface area contributed by atoms with Crippen molar-refractivity contribution in [2.45, 2.75) is 19.6 Å². The maximum Gasteiger partial charge on any atom is 0.342 e. The van der Waals surface area contributed by atoms with Crippen molar-refractivity contribution in [3.8, 4) is 5.75 Å². The van der Waals surface area contributed by atoms with Gasteiger partial charge in [-0.25, -0.2) is 13.9 Å². The lowest BCUT2D eigenvalue weighted by atomic mass is 10.1. The highest BCUT2D eigenvalue weighted by Crippen LogP contribution is 2.24. The zero-order valence-corrected chi connectivity index (χ0v) is 11.5. The van der Waals surface area contributed by atoms with E-state index in [0.29, 0.717) is 11.4 Å². The minimum atomic E-state index is -1.10. The highest BCUT2D eigenvalue weighted by molar-refractivity contribution is 5.30. The molecule has 0 saturated heterocycles. The Morgan fingerprint density at radius 3 is 2.86 bits per heavy atom. The third kappa shape index (κ3) is 3.00. The summed E-state index contributed by atoms with van der Waals surface area (Å²) in [6.45, 7) is 1.50. The second-order valence-corrected chi connectivity index (χ2v) is 4.44. The molecule has 1 heterocycles. The molecule has 0 aliphatic rings. The first-order valence-electron chi connectivity index (χ1n) is 6.12. The zero-order valence-electron chi connectivity index (χ0n) is 11.5. The number of rotatable bonds is 5. The molecule has 2 aromatic rings. The van der Waals surface area contributed by atoms with Gasteiger partial charge in [0, 0.05) is 6.92 Å². The predicted molar refractivity (Wildman–Crippen MR) is 71.5 cm³/mol. The van der Waals surface area contributed by atoms with Gasteiger partial charge in [0.1, 0.15) is 18.8 Å². The Labute approximate surface area is 119 Å². The molecule has 8 heteroatoms. The van der Waals surface area contributed by atoms with Crippen LogP contribution in [-0.2, 0) is 6.54 Å². The van der Waals surface area contributed by atoms with Gasteiger partial charge in [0.2, 0.25) is 0 Å². The second-order valence-electron chi connectivity index (χ2n) is 4.44. The summed E-state index contributed by atoms with van der Waals surface area (Å²) in [5.41, 5.74) is 0.302. The van der Waals surface area contributed by atoms with Crippen LogP contribution in [-0.4, -0.2) is 26.7 Å². The summed E-state index contributed by atoms with van der Waals surface area (Å²) < 4.78 is 19.7. The number of aliphatic hydroxyl groups is 1. The lowest BCUT2D eigenvalue weighted by molar-refractivity contribution is -0.392. The fourth-order valence-corrected chi connectivity index (χ4v) is 2.00.